The smallest absolute Gasteiger partial charge is 0.221 e. The molecule has 0 aromatic heterocycles. The highest BCUT2D eigenvalue weighted by atomic mass is 16.5. The molecule has 0 aliphatic heterocycles. The van der Waals surface area contributed by atoms with Gasteiger partial charge in [-0.15, -0.1) is 0 Å². The van der Waals surface area contributed by atoms with Gasteiger partial charge in [-0.2, -0.15) is 0 Å². The average molecular weight is 389 g/mol. The van der Waals surface area contributed by atoms with Crippen molar-refractivity contribution in [2.45, 2.75) is 58.1 Å². The SMILES string of the molecule is CN=C(NCCC(=O)NC1CCCCC1)NCC(C)COCc1ccccc1. The van der Waals surface area contributed by atoms with Crippen molar-refractivity contribution < 1.29 is 9.53 Å². The zero-order valence-corrected chi connectivity index (χ0v) is 17.4. The fourth-order valence-electron chi connectivity index (χ4n) is 3.34. The molecule has 1 aliphatic rings. The molecule has 1 unspecified atom stereocenters. The Bertz CT molecular complexity index is 585. The third-order valence-corrected chi connectivity index (χ3v) is 4.97. The fraction of sp³-hybridized carbons (Fsp3) is 0.636. The fourth-order valence-corrected chi connectivity index (χ4v) is 3.34. The van der Waals surface area contributed by atoms with Gasteiger partial charge in [0.2, 0.25) is 5.91 Å². The number of ether oxygens (including phenoxy) is 1. The van der Waals surface area contributed by atoms with Gasteiger partial charge >= 0.3 is 0 Å². The van der Waals surface area contributed by atoms with E-state index >= 15 is 0 Å². The molecule has 1 atom stereocenters. The van der Waals surface area contributed by atoms with Crippen LogP contribution in [-0.2, 0) is 16.1 Å². The van der Waals surface area contributed by atoms with Crippen LogP contribution < -0.4 is 16.0 Å². The molecule has 0 bridgehead atoms. The van der Waals surface area contributed by atoms with Crippen LogP contribution >= 0.6 is 0 Å². The third kappa shape index (κ3) is 9.22. The molecule has 3 N–H and O–H groups in total. The van der Waals surface area contributed by atoms with Gasteiger partial charge in [0.1, 0.15) is 0 Å². The molecule has 6 heteroatoms. The highest BCUT2D eigenvalue weighted by Gasteiger charge is 2.15. The highest BCUT2D eigenvalue weighted by molar-refractivity contribution is 5.81. The summed E-state index contributed by atoms with van der Waals surface area (Å²) in [5, 5.41) is 9.65. The molecule has 0 spiro atoms. The minimum Gasteiger partial charge on any atom is -0.376 e. The summed E-state index contributed by atoms with van der Waals surface area (Å²) in [6.45, 7) is 4.81. The summed E-state index contributed by atoms with van der Waals surface area (Å²) < 4.78 is 5.78. The van der Waals surface area contributed by atoms with Crippen LogP contribution in [-0.4, -0.2) is 44.7 Å². The van der Waals surface area contributed by atoms with Crippen molar-refractivity contribution in [2.24, 2.45) is 10.9 Å². The predicted octanol–water partition coefficient (Wildman–Crippen LogP) is 2.84. The minimum atomic E-state index is 0.123. The van der Waals surface area contributed by atoms with Crippen molar-refractivity contribution in [1.82, 2.24) is 16.0 Å². The summed E-state index contributed by atoms with van der Waals surface area (Å²) >= 11 is 0. The Hall–Kier alpha value is -2.08. The van der Waals surface area contributed by atoms with E-state index in [2.05, 4.69) is 40.0 Å². The van der Waals surface area contributed by atoms with E-state index in [1.165, 1.54) is 24.8 Å². The maximum Gasteiger partial charge on any atom is 0.221 e. The van der Waals surface area contributed by atoms with Crippen LogP contribution in [0.25, 0.3) is 0 Å². The quantitative estimate of drug-likeness (QED) is 0.426. The number of rotatable bonds is 10. The lowest BCUT2D eigenvalue weighted by molar-refractivity contribution is -0.121. The van der Waals surface area contributed by atoms with Gasteiger partial charge < -0.3 is 20.7 Å². The van der Waals surface area contributed by atoms with Gasteiger partial charge in [0.05, 0.1) is 13.2 Å². The van der Waals surface area contributed by atoms with Gasteiger partial charge in [-0.1, -0.05) is 56.5 Å². The molecule has 1 saturated carbocycles. The van der Waals surface area contributed by atoms with E-state index in [9.17, 15) is 4.79 Å². The normalized spacial score (nSPS) is 16.4. The maximum absolute atomic E-state index is 12.1. The predicted molar refractivity (Wildman–Crippen MR) is 114 cm³/mol. The van der Waals surface area contributed by atoms with Gasteiger partial charge in [0.15, 0.2) is 5.96 Å². The minimum absolute atomic E-state index is 0.123. The Morgan fingerprint density at radius 3 is 2.64 bits per heavy atom. The molecule has 1 aromatic carbocycles. The summed E-state index contributed by atoms with van der Waals surface area (Å²) in [7, 11) is 1.74. The lowest BCUT2D eigenvalue weighted by atomic mass is 9.95. The Kier molecular flexibility index (Phi) is 10.4. The summed E-state index contributed by atoms with van der Waals surface area (Å²) in [6, 6.07) is 10.6. The standard InChI is InChI=1S/C22H36N4O2/c1-18(16-28-17-19-9-5-3-6-10-19)15-25-22(23-2)24-14-13-21(27)26-20-11-7-4-8-12-20/h3,5-6,9-10,18,20H,4,7-8,11-17H2,1-2H3,(H,26,27)(H2,23,24,25). The van der Waals surface area contributed by atoms with Crippen LogP contribution in [0.2, 0.25) is 0 Å². The van der Waals surface area contributed by atoms with Crippen molar-refractivity contribution in [3.05, 3.63) is 35.9 Å². The van der Waals surface area contributed by atoms with E-state index < -0.39 is 0 Å². The Balaban J connectivity index is 1.54. The molecule has 0 radical (unpaired) electrons. The number of hydrogen-bond donors (Lipinski definition) is 3. The molecule has 1 aromatic rings. The van der Waals surface area contributed by atoms with E-state index in [1.807, 2.05) is 18.2 Å². The van der Waals surface area contributed by atoms with E-state index in [4.69, 9.17) is 4.74 Å². The first-order chi connectivity index (χ1) is 13.7. The molecule has 156 valence electrons. The zero-order chi connectivity index (χ0) is 20.0. The summed E-state index contributed by atoms with van der Waals surface area (Å²) in [5.41, 5.74) is 1.19. The van der Waals surface area contributed by atoms with Crippen LogP contribution in [0.15, 0.2) is 35.3 Å². The number of benzene rings is 1. The van der Waals surface area contributed by atoms with Gasteiger partial charge in [0, 0.05) is 32.6 Å². The van der Waals surface area contributed by atoms with Crippen molar-refractivity contribution >= 4 is 11.9 Å². The monoisotopic (exact) mass is 388 g/mol. The Labute approximate surface area is 169 Å². The highest BCUT2D eigenvalue weighted by Crippen LogP contribution is 2.17. The number of amides is 1. The summed E-state index contributed by atoms with van der Waals surface area (Å²) in [4.78, 5) is 16.3. The molecule has 0 heterocycles. The van der Waals surface area contributed by atoms with Crippen molar-refractivity contribution in [3.63, 3.8) is 0 Å². The molecule has 1 aliphatic carbocycles. The van der Waals surface area contributed by atoms with Crippen LogP contribution in [0.5, 0.6) is 0 Å². The number of guanidine groups is 1. The Morgan fingerprint density at radius 2 is 1.93 bits per heavy atom. The second-order valence-electron chi connectivity index (χ2n) is 7.64. The molecule has 28 heavy (non-hydrogen) atoms. The number of nitrogens with one attached hydrogen (secondary N) is 3. The number of carbonyl (C=O) groups is 1. The van der Waals surface area contributed by atoms with Crippen LogP contribution in [0, 0.1) is 5.92 Å². The molecule has 1 fully saturated rings. The van der Waals surface area contributed by atoms with Crippen molar-refractivity contribution in [2.75, 3.05) is 26.7 Å². The number of nitrogens with zero attached hydrogens (tertiary/aromatic N) is 1. The zero-order valence-electron chi connectivity index (χ0n) is 17.4. The van der Waals surface area contributed by atoms with Gasteiger partial charge in [-0.25, -0.2) is 0 Å². The van der Waals surface area contributed by atoms with Crippen LogP contribution in [0.4, 0.5) is 0 Å². The average Bonchev–Trinajstić information content (AvgIpc) is 2.72. The van der Waals surface area contributed by atoms with E-state index in [0.29, 0.717) is 38.1 Å². The van der Waals surface area contributed by atoms with E-state index in [1.54, 1.807) is 7.05 Å². The summed E-state index contributed by atoms with van der Waals surface area (Å²) in [6.07, 6.45) is 6.46. The van der Waals surface area contributed by atoms with Crippen molar-refractivity contribution in [3.8, 4) is 0 Å². The summed E-state index contributed by atoms with van der Waals surface area (Å²) in [5.74, 6) is 1.20. The number of hydrogen-bond acceptors (Lipinski definition) is 3. The van der Waals surface area contributed by atoms with Gasteiger partial charge in [0.25, 0.3) is 0 Å². The number of aliphatic imine (C=N–C) groups is 1. The second kappa shape index (κ2) is 13.2. The van der Waals surface area contributed by atoms with Gasteiger partial charge in [-0.05, 0) is 24.3 Å². The molecule has 1 amide bonds. The van der Waals surface area contributed by atoms with Crippen molar-refractivity contribution in [1.29, 1.82) is 0 Å². The molecule has 2 rings (SSSR count). The second-order valence-corrected chi connectivity index (χ2v) is 7.64. The van der Waals surface area contributed by atoms with Gasteiger partial charge in [-0.3, -0.25) is 9.79 Å². The first-order valence-electron chi connectivity index (χ1n) is 10.5. The maximum atomic E-state index is 12.1. The first-order valence-corrected chi connectivity index (χ1v) is 10.5. The number of carbonyl (C=O) groups excluding carboxylic acids is 1. The molecule has 6 nitrogen and oxygen atoms in total. The van der Waals surface area contributed by atoms with E-state index in [-0.39, 0.29) is 5.91 Å². The first kappa shape index (κ1) is 22.2. The topological polar surface area (TPSA) is 74.8 Å². The molecule has 0 saturated heterocycles. The lowest BCUT2D eigenvalue weighted by Crippen LogP contribution is -2.42. The molecular formula is C22H36N4O2. The largest absolute Gasteiger partial charge is 0.376 e. The van der Waals surface area contributed by atoms with Crippen LogP contribution in [0.3, 0.4) is 0 Å². The third-order valence-electron chi connectivity index (χ3n) is 4.97. The Morgan fingerprint density at radius 1 is 1.18 bits per heavy atom. The molecular weight excluding hydrogens is 352 g/mol. The van der Waals surface area contributed by atoms with E-state index in [0.717, 1.165) is 25.3 Å². The lowest BCUT2D eigenvalue weighted by Gasteiger charge is -2.23. The van der Waals surface area contributed by atoms with Crippen LogP contribution in [0.1, 0.15) is 51.0 Å².